The maximum absolute atomic E-state index is 11.7. The highest BCUT2D eigenvalue weighted by molar-refractivity contribution is 6.19. The molecule has 0 radical (unpaired) electrons. The van der Waals surface area contributed by atoms with Crippen LogP contribution in [0.25, 0.3) is 10.4 Å². The minimum atomic E-state index is -1.24. The number of azide groups is 1. The minimum Gasteiger partial charge on any atom is -0.277 e. The van der Waals surface area contributed by atoms with Crippen LogP contribution in [0.3, 0.4) is 0 Å². The molecular formula is C9H13N5O3. The predicted molar refractivity (Wildman–Crippen MR) is 57.7 cm³/mol. The zero-order chi connectivity index (χ0) is 12.9. The van der Waals surface area contributed by atoms with E-state index >= 15 is 0 Å². The molecule has 0 saturated carbocycles. The SMILES string of the molecule is CCC1(CCCN=[N+]=[N-])C(=O)NC(=O)NC1=O. The van der Waals surface area contributed by atoms with Crippen LogP contribution in [0.1, 0.15) is 26.2 Å². The molecule has 8 heteroatoms. The Balaban J connectivity index is 2.78. The standard InChI is InChI=1S/C9H13N5O3/c1-2-9(4-3-5-11-14-10)6(15)12-8(17)13-7(9)16/h2-5H2,1H3,(H2,12,13,15,16,17). The molecule has 0 atom stereocenters. The van der Waals surface area contributed by atoms with Crippen LogP contribution in [0.5, 0.6) is 0 Å². The van der Waals surface area contributed by atoms with Crippen molar-refractivity contribution in [1.82, 2.24) is 10.6 Å². The summed E-state index contributed by atoms with van der Waals surface area (Å²) >= 11 is 0. The van der Waals surface area contributed by atoms with E-state index in [0.717, 1.165) is 0 Å². The molecule has 1 saturated heterocycles. The van der Waals surface area contributed by atoms with E-state index in [9.17, 15) is 14.4 Å². The number of carbonyl (C=O) groups is 3. The van der Waals surface area contributed by atoms with Crippen LogP contribution in [0.4, 0.5) is 4.79 Å². The molecule has 8 nitrogen and oxygen atoms in total. The van der Waals surface area contributed by atoms with Crippen molar-refractivity contribution in [2.24, 2.45) is 10.5 Å². The van der Waals surface area contributed by atoms with Gasteiger partial charge in [-0.3, -0.25) is 20.2 Å². The smallest absolute Gasteiger partial charge is 0.277 e. The Morgan fingerprint density at radius 1 is 1.29 bits per heavy atom. The van der Waals surface area contributed by atoms with E-state index in [2.05, 4.69) is 20.7 Å². The Labute approximate surface area is 97.4 Å². The van der Waals surface area contributed by atoms with Gasteiger partial charge in [-0.1, -0.05) is 12.0 Å². The van der Waals surface area contributed by atoms with Crippen LogP contribution >= 0.6 is 0 Å². The second kappa shape index (κ2) is 5.31. The molecule has 92 valence electrons. The van der Waals surface area contributed by atoms with Gasteiger partial charge in [0.2, 0.25) is 11.8 Å². The molecule has 0 bridgehead atoms. The Hall–Kier alpha value is -2.08. The van der Waals surface area contributed by atoms with Gasteiger partial charge in [0.1, 0.15) is 5.41 Å². The number of carbonyl (C=O) groups excluding carboxylic acids is 3. The molecule has 2 N–H and O–H groups in total. The summed E-state index contributed by atoms with van der Waals surface area (Å²) in [4.78, 5) is 37.0. The molecular weight excluding hydrogens is 226 g/mol. The molecule has 0 aromatic carbocycles. The molecule has 0 aromatic rings. The van der Waals surface area contributed by atoms with Crippen molar-refractivity contribution in [1.29, 1.82) is 0 Å². The fraction of sp³-hybridized carbons (Fsp3) is 0.667. The molecule has 4 amide bonds. The van der Waals surface area contributed by atoms with Gasteiger partial charge in [-0.2, -0.15) is 0 Å². The van der Waals surface area contributed by atoms with E-state index in [-0.39, 0.29) is 19.4 Å². The monoisotopic (exact) mass is 239 g/mol. The van der Waals surface area contributed by atoms with E-state index < -0.39 is 23.3 Å². The van der Waals surface area contributed by atoms with Gasteiger partial charge in [0.15, 0.2) is 0 Å². The fourth-order valence-corrected chi connectivity index (χ4v) is 1.80. The maximum atomic E-state index is 11.7. The maximum Gasteiger partial charge on any atom is 0.328 e. The Morgan fingerprint density at radius 3 is 2.35 bits per heavy atom. The van der Waals surface area contributed by atoms with Gasteiger partial charge in [-0.25, -0.2) is 4.79 Å². The van der Waals surface area contributed by atoms with Crippen molar-refractivity contribution < 1.29 is 14.4 Å². The minimum absolute atomic E-state index is 0.215. The normalized spacial score (nSPS) is 18.1. The van der Waals surface area contributed by atoms with E-state index in [1.165, 1.54) is 0 Å². The van der Waals surface area contributed by atoms with Gasteiger partial charge in [0, 0.05) is 11.5 Å². The van der Waals surface area contributed by atoms with Crippen molar-refractivity contribution in [2.75, 3.05) is 6.54 Å². The lowest BCUT2D eigenvalue weighted by atomic mass is 9.77. The van der Waals surface area contributed by atoms with Crippen molar-refractivity contribution >= 4 is 17.8 Å². The average Bonchev–Trinajstić information content (AvgIpc) is 2.27. The van der Waals surface area contributed by atoms with Crippen LogP contribution in [0.2, 0.25) is 0 Å². The number of rotatable bonds is 5. The highest BCUT2D eigenvalue weighted by atomic mass is 16.2. The molecule has 0 spiro atoms. The van der Waals surface area contributed by atoms with Gasteiger partial charge in [0.05, 0.1) is 0 Å². The fourth-order valence-electron chi connectivity index (χ4n) is 1.80. The van der Waals surface area contributed by atoms with E-state index in [1.807, 2.05) is 0 Å². The Bertz CT molecular complexity index is 379. The lowest BCUT2D eigenvalue weighted by Gasteiger charge is -2.32. The molecule has 1 rings (SSSR count). The first-order valence-corrected chi connectivity index (χ1v) is 5.24. The number of imide groups is 2. The van der Waals surface area contributed by atoms with Gasteiger partial charge in [-0.15, -0.1) is 0 Å². The van der Waals surface area contributed by atoms with Crippen molar-refractivity contribution in [2.45, 2.75) is 26.2 Å². The summed E-state index contributed by atoms with van der Waals surface area (Å²) in [6, 6.07) is -0.792. The third-order valence-corrected chi connectivity index (χ3v) is 2.85. The van der Waals surface area contributed by atoms with Gasteiger partial charge >= 0.3 is 6.03 Å². The zero-order valence-electron chi connectivity index (χ0n) is 9.39. The number of nitrogens with zero attached hydrogens (tertiary/aromatic N) is 3. The summed E-state index contributed by atoms with van der Waals surface area (Å²) in [5, 5.41) is 7.50. The van der Waals surface area contributed by atoms with E-state index in [4.69, 9.17) is 5.53 Å². The third-order valence-electron chi connectivity index (χ3n) is 2.85. The van der Waals surface area contributed by atoms with Gasteiger partial charge in [-0.05, 0) is 24.8 Å². The average molecular weight is 239 g/mol. The number of nitrogens with one attached hydrogen (secondary N) is 2. The summed E-state index contributed by atoms with van der Waals surface area (Å²) in [5.41, 5.74) is 6.88. The predicted octanol–water partition coefficient (Wildman–Crippen LogP) is 0.839. The third kappa shape index (κ3) is 2.54. The second-order valence-corrected chi connectivity index (χ2v) is 3.73. The van der Waals surface area contributed by atoms with Crippen molar-refractivity contribution in [3.05, 3.63) is 10.4 Å². The number of urea groups is 1. The lowest BCUT2D eigenvalue weighted by molar-refractivity contribution is -0.145. The largest absolute Gasteiger partial charge is 0.328 e. The summed E-state index contributed by atoms with van der Waals surface area (Å²) in [6.45, 7) is 1.91. The summed E-state index contributed by atoms with van der Waals surface area (Å²) in [7, 11) is 0. The number of hydrogen-bond donors (Lipinski definition) is 2. The quantitative estimate of drug-likeness (QED) is 0.243. The molecule has 1 heterocycles. The summed E-state index contributed by atoms with van der Waals surface area (Å²) in [5.74, 6) is -1.18. The van der Waals surface area contributed by atoms with Crippen LogP contribution in [0.15, 0.2) is 5.11 Å². The summed E-state index contributed by atoms with van der Waals surface area (Å²) in [6.07, 6.45) is 0.939. The molecule has 1 aliphatic heterocycles. The number of barbiturate groups is 1. The van der Waals surface area contributed by atoms with E-state index in [0.29, 0.717) is 6.42 Å². The first-order chi connectivity index (χ1) is 8.06. The van der Waals surface area contributed by atoms with Crippen molar-refractivity contribution in [3.63, 3.8) is 0 Å². The highest BCUT2D eigenvalue weighted by Crippen LogP contribution is 2.30. The molecule has 17 heavy (non-hydrogen) atoms. The lowest BCUT2D eigenvalue weighted by Crippen LogP contribution is -2.62. The zero-order valence-corrected chi connectivity index (χ0v) is 9.39. The van der Waals surface area contributed by atoms with Crippen LogP contribution in [-0.4, -0.2) is 24.4 Å². The Kier molecular flexibility index (Phi) is 4.06. The number of hydrogen-bond acceptors (Lipinski definition) is 4. The molecule has 0 aromatic heterocycles. The number of amides is 4. The van der Waals surface area contributed by atoms with Gasteiger partial charge < -0.3 is 0 Å². The van der Waals surface area contributed by atoms with Crippen LogP contribution in [-0.2, 0) is 9.59 Å². The van der Waals surface area contributed by atoms with Crippen molar-refractivity contribution in [3.8, 4) is 0 Å². The second-order valence-electron chi connectivity index (χ2n) is 3.73. The molecule has 1 fully saturated rings. The first-order valence-electron chi connectivity index (χ1n) is 5.24. The summed E-state index contributed by atoms with van der Waals surface area (Å²) < 4.78 is 0. The topological polar surface area (TPSA) is 124 Å². The van der Waals surface area contributed by atoms with Crippen LogP contribution in [0, 0.1) is 5.41 Å². The molecule has 0 aliphatic carbocycles. The highest BCUT2D eigenvalue weighted by Gasteiger charge is 2.48. The Morgan fingerprint density at radius 2 is 1.88 bits per heavy atom. The van der Waals surface area contributed by atoms with Gasteiger partial charge in [0.25, 0.3) is 0 Å². The molecule has 0 unspecified atom stereocenters. The van der Waals surface area contributed by atoms with E-state index in [1.54, 1.807) is 6.92 Å². The van der Waals surface area contributed by atoms with Crippen LogP contribution < -0.4 is 10.6 Å². The molecule has 1 aliphatic rings. The first kappa shape index (κ1) is 13.0.